The molecule has 1 fully saturated rings. The number of carbonyl (C=O) groups is 2. The summed E-state index contributed by atoms with van der Waals surface area (Å²) < 4.78 is 0. The minimum Gasteiger partial charge on any atom is -0.346 e. The number of aromatic nitrogens is 2. The Morgan fingerprint density at radius 1 is 1.31 bits per heavy atom. The molecule has 1 aliphatic heterocycles. The zero-order valence-electron chi connectivity index (χ0n) is 15.8. The van der Waals surface area contributed by atoms with E-state index in [9.17, 15) is 9.59 Å². The maximum Gasteiger partial charge on any atom is 0.223 e. The highest BCUT2D eigenvalue weighted by molar-refractivity contribution is 5.80. The van der Waals surface area contributed by atoms with Crippen molar-refractivity contribution in [2.45, 2.75) is 46.1 Å². The monoisotopic (exact) mass is 356 g/mol. The molecular weight excluding hydrogens is 328 g/mol. The Morgan fingerprint density at radius 2 is 2.00 bits per heavy atom. The molecule has 1 aliphatic rings. The molecule has 0 saturated carbocycles. The summed E-state index contributed by atoms with van der Waals surface area (Å²) in [6.45, 7) is 7.16. The third-order valence-corrected chi connectivity index (χ3v) is 5.52. The average Bonchev–Trinajstić information content (AvgIpc) is 3.09. The summed E-state index contributed by atoms with van der Waals surface area (Å²) in [4.78, 5) is 34.2. The van der Waals surface area contributed by atoms with Gasteiger partial charge in [0.25, 0.3) is 0 Å². The lowest BCUT2D eigenvalue weighted by Gasteiger charge is -2.32. The number of nitrogens with one attached hydrogen (secondary N) is 2. The number of H-pyrrole nitrogens is 1. The van der Waals surface area contributed by atoms with Crippen LogP contribution in [0.25, 0.3) is 11.0 Å². The van der Waals surface area contributed by atoms with Crippen molar-refractivity contribution in [3.8, 4) is 0 Å². The average molecular weight is 356 g/mol. The van der Waals surface area contributed by atoms with E-state index >= 15 is 0 Å². The van der Waals surface area contributed by atoms with E-state index in [1.807, 2.05) is 29.2 Å². The lowest BCUT2D eigenvalue weighted by Crippen LogP contribution is -2.44. The number of rotatable bonds is 5. The summed E-state index contributed by atoms with van der Waals surface area (Å²) in [5.74, 6) is 1.20. The number of likely N-dealkylation sites (tertiary alicyclic amines) is 1. The van der Waals surface area contributed by atoms with E-state index in [0.717, 1.165) is 36.1 Å². The van der Waals surface area contributed by atoms with E-state index in [-0.39, 0.29) is 29.7 Å². The number of carbonyl (C=O) groups excluding carboxylic acids is 2. The Hall–Kier alpha value is -2.37. The molecule has 26 heavy (non-hydrogen) atoms. The zero-order valence-corrected chi connectivity index (χ0v) is 15.8. The summed E-state index contributed by atoms with van der Waals surface area (Å²) >= 11 is 0. The van der Waals surface area contributed by atoms with Crippen molar-refractivity contribution < 1.29 is 9.59 Å². The van der Waals surface area contributed by atoms with Gasteiger partial charge in [-0.05, 0) is 30.9 Å². The Kier molecular flexibility index (Phi) is 5.59. The van der Waals surface area contributed by atoms with E-state index < -0.39 is 0 Å². The van der Waals surface area contributed by atoms with Crippen LogP contribution < -0.4 is 5.32 Å². The van der Waals surface area contributed by atoms with Crippen LogP contribution in [-0.2, 0) is 9.59 Å². The van der Waals surface area contributed by atoms with Crippen LogP contribution in [0.5, 0.6) is 0 Å². The van der Waals surface area contributed by atoms with Crippen LogP contribution in [0.3, 0.4) is 0 Å². The van der Waals surface area contributed by atoms with Crippen molar-refractivity contribution >= 4 is 22.8 Å². The van der Waals surface area contributed by atoms with Gasteiger partial charge in [0.15, 0.2) is 0 Å². The molecule has 0 bridgehead atoms. The molecule has 2 heterocycles. The first-order valence-electron chi connectivity index (χ1n) is 9.50. The molecule has 6 heteroatoms. The van der Waals surface area contributed by atoms with Crippen LogP contribution >= 0.6 is 0 Å². The van der Waals surface area contributed by atoms with Gasteiger partial charge in [0.1, 0.15) is 5.82 Å². The third kappa shape index (κ3) is 3.89. The van der Waals surface area contributed by atoms with Crippen molar-refractivity contribution in [1.29, 1.82) is 0 Å². The molecule has 140 valence electrons. The van der Waals surface area contributed by atoms with Gasteiger partial charge in [-0.3, -0.25) is 9.59 Å². The van der Waals surface area contributed by atoms with E-state index in [1.54, 1.807) is 6.92 Å². The number of benzene rings is 1. The Bertz CT molecular complexity index is 744. The third-order valence-electron chi connectivity index (χ3n) is 5.52. The van der Waals surface area contributed by atoms with E-state index in [0.29, 0.717) is 13.1 Å². The molecule has 0 aliphatic carbocycles. The second kappa shape index (κ2) is 7.89. The fourth-order valence-electron chi connectivity index (χ4n) is 3.56. The Labute approximate surface area is 154 Å². The van der Waals surface area contributed by atoms with Gasteiger partial charge in [0, 0.05) is 25.9 Å². The Morgan fingerprint density at radius 3 is 2.62 bits per heavy atom. The number of para-hydroxylation sites is 2. The molecule has 1 aromatic carbocycles. The van der Waals surface area contributed by atoms with Crippen molar-refractivity contribution in [2.24, 2.45) is 11.8 Å². The molecule has 0 radical (unpaired) electrons. The standard InChI is InChI=1S/C20H28N4O2/c1-4-13(2)18(19-21-16-7-5-6-8-17(16)22-19)23-20(26)15-9-11-24(12-10-15)14(3)25/h5-8,13,15,18H,4,9-12H2,1-3H3,(H,21,22)(H,23,26)/t13-,18-/m1/s1. The van der Waals surface area contributed by atoms with Crippen molar-refractivity contribution in [2.75, 3.05) is 13.1 Å². The van der Waals surface area contributed by atoms with Gasteiger partial charge in [0.2, 0.25) is 11.8 Å². The van der Waals surface area contributed by atoms with Crippen LogP contribution in [0.15, 0.2) is 24.3 Å². The number of piperidine rings is 1. The second-order valence-electron chi connectivity index (χ2n) is 7.29. The van der Waals surface area contributed by atoms with Crippen molar-refractivity contribution in [3.63, 3.8) is 0 Å². The second-order valence-corrected chi connectivity index (χ2v) is 7.29. The van der Waals surface area contributed by atoms with Gasteiger partial charge in [-0.1, -0.05) is 32.4 Å². The van der Waals surface area contributed by atoms with Crippen LogP contribution in [0.4, 0.5) is 0 Å². The zero-order chi connectivity index (χ0) is 18.7. The molecule has 1 saturated heterocycles. The molecule has 6 nitrogen and oxygen atoms in total. The summed E-state index contributed by atoms with van der Waals surface area (Å²) in [5.41, 5.74) is 1.90. The maximum absolute atomic E-state index is 12.8. The highest BCUT2D eigenvalue weighted by atomic mass is 16.2. The normalized spacial score (nSPS) is 17.9. The van der Waals surface area contributed by atoms with Crippen molar-refractivity contribution in [1.82, 2.24) is 20.2 Å². The predicted molar refractivity (Wildman–Crippen MR) is 101 cm³/mol. The van der Waals surface area contributed by atoms with Crippen molar-refractivity contribution in [3.05, 3.63) is 30.1 Å². The molecule has 2 atom stereocenters. The highest BCUT2D eigenvalue weighted by Gasteiger charge is 2.30. The number of nitrogens with zero attached hydrogens (tertiary/aromatic N) is 2. The maximum atomic E-state index is 12.8. The van der Waals surface area contributed by atoms with Gasteiger partial charge in [-0.25, -0.2) is 4.98 Å². The number of amides is 2. The minimum absolute atomic E-state index is 0.0402. The number of aromatic amines is 1. The molecule has 2 N–H and O–H groups in total. The number of hydrogen-bond donors (Lipinski definition) is 2. The SMILES string of the molecule is CC[C@@H](C)[C@@H](NC(=O)C1CCN(C(C)=O)CC1)c1nc2ccccc2[nH]1. The molecule has 2 amide bonds. The first-order chi connectivity index (χ1) is 12.5. The summed E-state index contributed by atoms with van der Waals surface area (Å²) in [6.07, 6.45) is 2.39. The molecule has 3 rings (SSSR count). The first-order valence-corrected chi connectivity index (χ1v) is 9.50. The number of fused-ring (bicyclic) bond motifs is 1. The largest absolute Gasteiger partial charge is 0.346 e. The lowest BCUT2D eigenvalue weighted by atomic mass is 9.93. The molecule has 1 aromatic heterocycles. The van der Waals surface area contributed by atoms with Gasteiger partial charge in [0.05, 0.1) is 17.1 Å². The van der Waals surface area contributed by atoms with Gasteiger partial charge in [-0.2, -0.15) is 0 Å². The quantitative estimate of drug-likeness (QED) is 0.864. The van der Waals surface area contributed by atoms with Gasteiger partial charge >= 0.3 is 0 Å². The Balaban J connectivity index is 1.72. The molecule has 0 unspecified atom stereocenters. The fourth-order valence-corrected chi connectivity index (χ4v) is 3.56. The topological polar surface area (TPSA) is 78.1 Å². The molecule has 2 aromatic rings. The highest BCUT2D eigenvalue weighted by Crippen LogP contribution is 2.26. The van der Waals surface area contributed by atoms with E-state index in [4.69, 9.17) is 4.98 Å². The van der Waals surface area contributed by atoms with Crippen LogP contribution in [0.1, 0.15) is 51.9 Å². The van der Waals surface area contributed by atoms with E-state index in [1.165, 1.54) is 0 Å². The number of imidazole rings is 1. The lowest BCUT2D eigenvalue weighted by molar-refractivity contribution is -0.134. The summed E-state index contributed by atoms with van der Waals surface area (Å²) in [5, 5.41) is 3.22. The minimum atomic E-state index is -0.134. The first kappa shape index (κ1) is 18.4. The summed E-state index contributed by atoms with van der Waals surface area (Å²) in [6, 6.07) is 7.78. The van der Waals surface area contributed by atoms with Crippen LogP contribution in [0.2, 0.25) is 0 Å². The molecular formula is C20H28N4O2. The van der Waals surface area contributed by atoms with Crippen LogP contribution in [0, 0.1) is 11.8 Å². The van der Waals surface area contributed by atoms with Gasteiger partial charge < -0.3 is 15.2 Å². The predicted octanol–water partition coefficient (Wildman–Crippen LogP) is 3.02. The number of hydrogen-bond acceptors (Lipinski definition) is 3. The van der Waals surface area contributed by atoms with E-state index in [2.05, 4.69) is 24.1 Å². The van der Waals surface area contributed by atoms with Gasteiger partial charge in [-0.15, -0.1) is 0 Å². The molecule has 0 spiro atoms. The fraction of sp³-hybridized carbons (Fsp3) is 0.550. The smallest absolute Gasteiger partial charge is 0.223 e. The summed E-state index contributed by atoms with van der Waals surface area (Å²) in [7, 11) is 0. The van der Waals surface area contributed by atoms with Crippen LogP contribution in [-0.4, -0.2) is 39.8 Å².